The summed E-state index contributed by atoms with van der Waals surface area (Å²) in [6, 6.07) is 12.6. The standard InChI is InChI=1S/C21H12BrClN4O2S/c1-2-9-26-15-8-5-12(22)10-14(15)16(19(26)28)17-20(29)27-21(30-17)24-18(25-27)11-3-6-13(23)7-4-11/h2-8,10H,1,9H2/b17-16-. The molecule has 0 bridgehead atoms. The van der Waals surface area contributed by atoms with E-state index in [9.17, 15) is 9.59 Å². The molecule has 0 aliphatic carbocycles. The first-order valence-electron chi connectivity index (χ1n) is 8.90. The summed E-state index contributed by atoms with van der Waals surface area (Å²) in [6.45, 7) is 4.08. The summed E-state index contributed by atoms with van der Waals surface area (Å²) in [7, 11) is 0. The van der Waals surface area contributed by atoms with Crippen LogP contribution in [0.2, 0.25) is 5.02 Å². The fourth-order valence-corrected chi connectivity index (χ4v) is 4.92. The molecule has 0 saturated heterocycles. The lowest BCUT2D eigenvalue weighted by Gasteiger charge is -2.14. The Morgan fingerprint density at radius 1 is 1.17 bits per heavy atom. The van der Waals surface area contributed by atoms with Gasteiger partial charge in [0.15, 0.2) is 5.82 Å². The van der Waals surface area contributed by atoms with Crippen molar-refractivity contribution in [2.75, 3.05) is 11.4 Å². The van der Waals surface area contributed by atoms with Crippen LogP contribution in [0.15, 0.2) is 64.4 Å². The minimum atomic E-state index is -0.363. The Balaban J connectivity index is 1.73. The molecule has 6 nitrogen and oxygen atoms in total. The van der Waals surface area contributed by atoms with Gasteiger partial charge in [-0.05, 0) is 42.5 Å². The van der Waals surface area contributed by atoms with Gasteiger partial charge in [-0.1, -0.05) is 44.9 Å². The molecule has 0 radical (unpaired) electrons. The number of hydrogen-bond acceptors (Lipinski definition) is 5. The molecular weight excluding hydrogens is 488 g/mol. The van der Waals surface area contributed by atoms with E-state index in [0.29, 0.717) is 38.0 Å². The molecule has 9 heteroatoms. The van der Waals surface area contributed by atoms with Gasteiger partial charge in [-0.15, -0.1) is 11.7 Å². The van der Waals surface area contributed by atoms with Gasteiger partial charge >= 0.3 is 0 Å². The van der Waals surface area contributed by atoms with Gasteiger partial charge in [0.1, 0.15) is 4.53 Å². The normalized spacial score (nSPS) is 15.1. The number of hydrogen-bond donors (Lipinski definition) is 0. The predicted octanol–water partition coefficient (Wildman–Crippen LogP) is 3.68. The van der Waals surface area contributed by atoms with E-state index in [1.807, 2.05) is 18.2 Å². The minimum Gasteiger partial charge on any atom is -0.304 e. The van der Waals surface area contributed by atoms with E-state index in [1.165, 1.54) is 4.52 Å². The van der Waals surface area contributed by atoms with Crippen LogP contribution in [0.1, 0.15) is 5.56 Å². The van der Waals surface area contributed by atoms with Crippen molar-refractivity contribution in [2.45, 2.75) is 0 Å². The highest BCUT2D eigenvalue weighted by Gasteiger charge is 2.34. The van der Waals surface area contributed by atoms with Crippen molar-refractivity contribution in [1.29, 1.82) is 0 Å². The Morgan fingerprint density at radius 3 is 2.63 bits per heavy atom. The maximum atomic E-state index is 13.2. The van der Waals surface area contributed by atoms with Gasteiger partial charge in [0.2, 0.25) is 4.96 Å². The second-order valence-electron chi connectivity index (χ2n) is 6.61. The summed E-state index contributed by atoms with van der Waals surface area (Å²) < 4.78 is 2.39. The maximum absolute atomic E-state index is 13.2. The summed E-state index contributed by atoms with van der Waals surface area (Å²) in [5, 5.41) is 4.96. The van der Waals surface area contributed by atoms with E-state index < -0.39 is 0 Å². The van der Waals surface area contributed by atoms with Crippen LogP contribution in [0.3, 0.4) is 0 Å². The van der Waals surface area contributed by atoms with Crippen LogP contribution in [0, 0.1) is 0 Å². The van der Waals surface area contributed by atoms with Crippen molar-refractivity contribution in [2.24, 2.45) is 0 Å². The van der Waals surface area contributed by atoms with Gasteiger partial charge < -0.3 is 4.90 Å². The molecular formula is C21H12BrClN4O2S. The average molecular weight is 500 g/mol. The summed E-state index contributed by atoms with van der Waals surface area (Å²) >= 11 is 10.5. The van der Waals surface area contributed by atoms with Gasteiger partial charge in [0, 0.05) is 27.2 Å². The van der Waals surface area contributed by atoms with E-state index in [-0.39, 0.29) is 11.5 Å². The monoisotopic (exact) mass is 498 g/mol. The van der Waals surface area contributed by atoms with E-state index >= 15 is 0 Å². The van der Waals surface area contributed by atoms with Crippen LogP contribution >= 0.6 is 38.9 Å². The number of carbonyl (C=O) groups is 1. The average Bonchev–Trinajstić information content (AvgIpc) is 3.35. The molecule has 0 atom stereocenters. The second kappa shape index (κ2) is 7.16. The smallest absolute Gasteiger partial charge is 0.291 e. The third-order valence-electron chi connectivity index (χ3n) is 4.78. The van der Waals surface area contributed by atoms with Crippen molar-refractivity contribution in [1.82, 2.24) is 14.6 Å². The molecule has 1 amide bonds. The third kappa shape index (κ3) is 2.91. The van der Waals surface area contributed by atoms with E-state index in [1.54, 1.807) is 35.2 Å². The number of carbonyl (C=O) groups excluding carboxylic acids is 1. The Bertz CT molecular complexity index is 1460. The number of halogens is 2. The van der Waals surface area contributed by atoms with Crippen molar-refractivity contribution in [3.8, 4) is 11.4 Å². The number of nitrogens with zero attached hydrogens (tertiary/aromatic N) is 4. The third-order valence-corrected chi connectivity index (χ3v) is 6.55. The van der Waals surface area contributed by atoms with Crippen LogP contribution < -0.4 is 15.0 Å². The van der Waals surface area contributed by atoms with Crippen molar-refractivity contribution < 1.29 is 4.79 Å². The molecule has 5 rings (SSSR count). The molecule has 0 spiro atoms. The molecule has 148 valence electrons. The molecule has 30 heavy (non-hydrogen) atoms. The molecule has 2 aromatic carbocycles. The topological polar surface area (TPSA) is 67.6 Å². The van der Waals surface area contributed by atoms with Crippen LogP contribution in [0.25, 0.3) is 21.9 Å². The summed E-state index contributed by atoms with van der Waals surface area (Å²) in [4.78, 5) is 32.8. The van der Waals surface area contributed by atoms with Crippen LogP contribution in [0.4, 0.5) is 5.69 Å². The molecule has 0 N–H and O–H groups in total. The van der Waals surface area contributed by atoms with E-state index in [0.717, 1.165) is 27.1 Å². The van der Waals surface area contributed by atoms with Crippen LogP contribution in [-0.4, -0.2) is 27.0 Å². The SMILES string of the molecule is C=CCN1C(=O)/C(=c2\sc3nc(-c4ccc(Cl)cc4)nn3c2=O)c2cc(Br)ccc21. The first kappa shape index (κ1) is 19.2. The highest BCUT2D eigenvalue weighted by atomic mass is 79.9. The largest absolute Gasteiger partial charge is 0.304 e. The number of anilines is 1. The maximum Gasteiger partial charge on any atom is 0.291 e. The zero-order chi connectivity index (χ0) is 21.0. The number of amides is 1. The lowest BCUT2D eigenvalue weighted by molar-refractivity contribution is -0.112. The number of benzene rings is 2. The van der Waals surface area contributed by atoms with E-state index in [2.05, 4.69) is 32.6 Å². The number of aromatic nitrogens is 3. The van der Waals surface area contributed by atoms with Gasteiger partial charge in [0.25, 0.3) is 11.5 Å². The van der Waals surface area contributed by atoms with Gasteiger partial charge in [0.05, 0.1) is 11.3 Å². The molecule has 0 unspecified atom stereocenters. The Labute approximate surface area is 187 Å². The summed E-state index contributed by atoms with van der Waals surface area (Å²) in [5.74, 6) is 0.197. The first-order valence-corrected chi connectivity index (χ1v) is 10.9. The molecule has 3 heterocycles. The highest BCUT2D eigenvalue weighted by Crippen LogP contribution is 2.37. The molecule has 1 aliphatic rings. The zero-order valence-corrected chi connectivity index (χ0v) is 18.5. The van der Waals surface area contributed by atoms with Crippen molar-refractivity contribution in [3.63, 3.8) is 0 Å². The fraction of sp³-hybridized carbons (Fsp3) is 0.0476. The first-order chi connectivity index (χ1) is 14.5. The fourth-order valence-electron chi connectivity index (χ4n) is 3.44. The summed E-state index contributed by atoms with van der Waals surface area (Å²) in [6.07, 6.45) is 1.66. The van der Waals surface area contributed by atoms with Crippen LogP contribution in [0.5, 0.6) is 0 Å². The highest BCUT2D eigenvalue weighted by molar-refractivity contribution is 9.10. The lowest BCUT2D eigenvalue weighted by atomic mass is 10.1. The second-order valence-corrected chi connectivity index (χ2v) is 8.94. The number of fused-ring (bicyclic) bond motifs is 2. The van der Waals surface area contributed by atoms with Crippen molar-refractivity contribution >= 4 is 61.0 Å². The Morgan fingerprint density at radius 2 is 1.93 bits per heavy atom. The molecule has 1 aliphatic heterocycles. The molecule has 0 saturated carbocycles. The van der Waals surface area contributed by atoms with Gasteiger partial charge in [-0.3, -0.25) is 9.59 Å². The molecule has 2 aromatic heterocycles. The Hall–Kier alpha value is -2.81. The number of thiazole rings is 1. The van der Waals surface area contributed by atoms with Crippen molar-refractivity contribution in [3.05, 3.63) is 85.1 Å². The zero-order valence-electron chi connectivity index (χ0n) is 15.3. The Kier molecular flexibility index (Phi) is 4.57. The molecule has 4 aromatic rings. The predicted molar refractivity (Wildman–Crippen MR) is 122 cm³/mol. The minimum absolute atomic E-state index is 0.234. The summed E-state index contributed by atoms with van der Waals surface area (Å²) in [5.41, 5.74) is 2.21. The molecule has 0 fully saturated rings. The van der Waals surface area contributed by atoms with Gasteiger partial charge in [-0.25, -0.2) is 0 Å². The van der Waals surface area contributed by atoms with Gasteiger partial charge in [-0.2, -0.15) is 9.50 Å². The lowest BCUT2D eigenvalue weighted by Crippen LogP contribution is -2.32. The van der Waals surface area contributed by atoms with Crippen LogP contribution in [-0.2, 0) is 4.79 Å². The van der Waals surface area contributed by atoms with E-state index in [4.69, 9.17) is 11.6 Å². The number of rotatable bonds is 3. The quantitative estimate of drug-likeness (QED) is 0.403.